The molecule has 1 saturated heterocycles. The highest BCUT2D eigenvalue weighted by atomic mass is 32.2. The molecule has 1 amide bonds. The first-order chi connectivity index (χ1) is 24.4. The minimum Gasteiger partial charge on any atom is -0.483 e. The molecule has 0 bridgehead atoms. The highest BCUT2D eigenvalue weighted by molar-refractivity contribution is 7.95. The van der Waals surface area contributed by atoms with Gasteiger partial charge in [0.05, 0.1) is 35.6 Å². The highest BCUT2D eigenvalue weighted by Crippen LogP contribution is 2.47. The number of benzene rings is 5. The van der Waals surface area contributed by atoms with Crippen molar-refractivity contribution >= 4 is 72.4 Å². The first-order valence-electron chi connectivity index (χ1n) is 14.5. The smallest absolute Gasteiger partial charge is 0.295 e. The lowest BCUT2D eigenvalue weighted by atomic mass is 9.93. The Labute approximate surface area is 292 Å². The maximum Gasteiger partial charge on any atom is 0.295 e. The molecule has 6 rings (SSSR count). The fourth-order valence-electron chi connectivity index (χ4n) is 5.83. The third-order valence-corrected chi connectivity index (χ3v) is 10.4. The van der Waals surface area contributed by atoms with E-state index < -0.39 is 56.5 Å². The Hall–Kier alpha value is -3.74. The van der Waals surface area contributed by atoms with Crippen molar-refractivity contribution in [3.05, 3.63) is 65.7 Å². The van der Waals surface area contributed by atoms with Crippen LogP contribution in [-0.2, 0) is 38.5 Å². The van der Waals surface area contributed by atoms with E-state index in [4.69, 9.17) is 20.1 Å². The lowest BCUT2D eigenvalue weighted by Gasteiger charge is -2.31. The molecule has 0 unspecified atom stereocenters. The fraction of sp³-hybridized carbons (Fsp3) is 0.233. The second-order valence-electron chi connectivity index (χ2n) is 11.0. The maximum absolute atomic E-state index is 13.8. The van der Waals surface area contributed by atoms with E-state index in [9.17, 15) is 35.3 Å². The Morgan fingerprint density at radius 2 is 1.37 bits per heavy atom. The molecule has 0 aliphatic carbocycles. The summed E-state index contributed by atoms with van der Waals surface area (Å²) in [5.41, 5.74) is 0. The maximum atomic E-state index is 13.8. The predicted molar refractivity (Wildman–Crippen MR) is 169 cm³/mol. The molecule has 51 heavy (non-hydrogen) atoms. The van der Waals surface area contributed by atoms with Gasteiger partial charge < -0.3 is 14.5 Å². The number of ether oxygens (including phenoxy) is 1. The third kappa shape index (κ3) is 7.59. The molecular weight excluding hydrogens is 755 g/mol. The Balaban J connectivity index is 1.21. The van der Waals surface area contributed by atoms with E-state index in [1.54, 1.807) is 18.2 Å². The molecule has 21 heteroatoms. The summed E-state index contributed by atoms with van der Waals surface area (Å²) in [5.74, 6) is -8.60. The van der Waals surface area contributed by atoms with Crippen LogP contribution >= 0.6 is 24.1 Å². The number of nitrogens with zero attached hydrogens (tertiary/aromatic N) is 1. The van der Waals surface area contributed by atoms with Crippen LogP contribution in [0.2, 0.25) is 0 Å². The van der Waals surface area contributed by atoms with Crippen LogP contribution in [0.4, 0.5) is 17.6 Å². The normalized spacial score (nSPS) is 14.3. The Morgan fingerprint density at radius 3 is 1.96 bits per heavy atom. The molecule has 0 radical (unpaired) electrons. The van der Waals surface area contributed by atoms with Gasteiger partial charge in [-0.2, -0.15) is 22.1 Å². The van der Waals surface area contributed by atoms with Crippen molar-refractivity contribution in [2.45, 2.75) is 27.5 Å². The molecule has 1 fully saturated rings. The molecule has 1 heterocycles. The molecule has 3 N–H and O–H groups in total. The van der Waals surface area contributed by atoms with Crippen LogP contribution in [0.25, 0.3) is 32.3 Å². The van der Waals surface area contributed by atoms with Gasteiger partial charge in [0, 0.05) is 45.6 Å². The second kappa shape index (κ2) is 15.5. The summed E-state index contributed by atoms with van der Waals surface area (Å²) < 4.78 is 105. The predicted octanol–water partition coefficient (Wildman–Crippen LogP) is 6.87. The molecule has 1 aliphatic heterocycles. The lowest BCUT2D eigenvalue weighted by Crippen LogP contribution is -2.41. The standard InChI is InChI=1S/C30H23F4NO13S3/c31-19-9-20(32)29(34)30(28(19)33)44-43-12-14-5-7-35(8-6-14)25(36)13-42-21-10-22(49-47-45-37)16-2-3-17-23(50-48-46-38)11-24(51(39,40)41)18-4-1-15(21)26(16)27(17)18/h1-4,9-11,14,37-38H,5-8,12-13H2,(H,39,40,41). The van der Waals surface area contributed by atoms with Crippen molar-refractivity contribution in [2.24, 2.45) is 5.92 Å². The van der Waals surface area contributed by atoms with Crippen LogP contribution in [0.3, 0.4) is 0 Å². The average Bonchev–Trinajstić information content (AvgIpc) is 3.11. The monoisotopic (exact) mass is 777 g/mol. The van der Waals surface area contributed by atoms with Gasteiger partial charge in [0.25, 0.3) is 16.0 Å². The highest BCUT2D eigenvalue weighted by Gasteiger charge is 2.27. The number of amides is 1. The zero-order valence-corrected chi connectivity index (χ0v) is 27.9. The van der Waals surface area contributed by atoms with Crippen LogP contribution in [-0.4, -0.2) is 60.6 Å². The summed E-state index contributed by atoms with van der Waals surface area (Å²) in [6.07, 6.45) is 0.772. The van der Waals surface area contributed by atoms with Crippen LogP contribution in [0.1, 0.15) is 12.8 Å². The van der Waals surface area contributed by atoms with Gasteiger partial charge in [0.2, 0.25) is 17.4 Å². The first kappa shape index (κ1) is 37.0. The van der Waals surface area contributed by atoms with E-state index in [1.807, 2.05) is 0 Å². The Morgan fingerprint density at radius 1 is 0.824 bits per heavy atom. The van der Waals surface area contributed by atoms with Crippen LogP contribution < -0.4 is 9.62 Å². The third-order valence-electron chi connectivity index (χ3n) is 8.17. The zero-order chi connectivity index (χ0) is 36.4. The van der Waals surface area contributed by atoms with Crippen molar-refractivity contribution in [3.8, 4) is 11.5 Å². The average molecular weight is 778 g/mol. The van der Waals surface area contributed by atoms with Crippen molar-refractivity contribution in [2.75, 3.05) is 26.3 Å². The molecule has 0 atom stereocenters. The quantitative estimate of drug-likeness (QED) is 0.0202. The van der Waals surface area contributed by atoms with Crippen molar-refractivity contribution in [1.82, 2.24) is 4.90 Å². The molecule has 5 aromatic carbocycles. The SMILES string of the molecule is O=C(COc1cc(SOOO)c2ccc3c(SOOO)cc(S(=O)(=O)O)c4ccc1c2c34)N1CCC(COOc2c(F)c(F)cc(F)c2F)CC1. The summed E-state index contributed by atoms with van der Waals surface area (Å²) in [6, 6.07) is 8.96. The van der Waals surface area contributed by atoms with Gasteiger partial charge in [-0.25, -0.2) is 19.3 Å². The number of hydrogen-bond donors (Lipinski definition) is 3. The minimum atomic E-state index is -4.78. The van der Waals surface area contributed by atoms with E-state index in [0.717, 1.165) is 6.07 Å². The summed E-state index contributed by atoms with van der Waals surface area (Å²) in [5, 5.41) is 27.2. The van der Waals surface area contributed by atoms with Gasteiger partial charge in [-0.1, -0.05) is 28.3 Å². The number of hydrogen-bond acceptors (Lipinski definition) is 14. The van der Waals surface area contributed by atoms with E-state index in [0.29, 0.717) is 68.8 Å². The number of rotatable bonds is 14. The van der Waals surface area contributed by atoms with E-state index in [-0.39, 0.29) is 47.7 Å². The van der Waals surface area contributed by atoms with Crippen LogP contribution in [0, 0.1) is 29.2 Å². The number of piperidine rings is 1. The van der Waals surface area contributed by atoms with E-state index in [1.165, 1.54) is 17.0 Å². The van der Waals surface area contributed by atoms with Crippen LogP contribution in [0.5, 0.6) is 11.5 Å². The van der Waals surface area contributed by atoms with Crippen molar-refractivity contribution < 1.29 is 79.1 Å². The molecular formula is C30H23F4NO13S3. The lowest BCUT2D eigenvalue weighted by molar-refractivity contribution is -0.432. The van der Waals surface area contributed by atoms with Gasteiger partial charge in [-0.3, -0.25) is 9.35 Å². The summed E-state index contributed by atoms with van der Waals surface area (Å²) in [4.78, 5) is 24.1. The van der Waals surface area contributed by atoms with Crippen molar-refractivity contribution in [3.63, 3.8) is 0 Å². The van der Waals surface area contributed by atoms with Gasteiger partial charge in [0.1, 0.15) is 10.6 Å². The molecule has 1 aliphatic rings. The molecule has 0 saturated carbocycles. The van der Waals surface area contributed by atoms with Gasteiger partial charge in [-0.05, 0) is 47.7 Å². The largest absolute Gasteiger partial charge is 0.483 e. The second-order valence-corrected chi connectivity index (χ2v) is 13.9. The van der Waals surface area contributed by atoms with Crippen LogP contribution in [0.15, 0.2) is 57.2 Å². The molecule has 0 spiro atoms. The number of likely N-dealkylation sites (tertiary alicyclic amines) is 1. The topological polar surface area (TPSA) is 180 Å². The first-order valence-corrected chi connectivity index (χ1v) is 17.4. The number of halogens is 4. The summed E-state index contributed by atoms with van der Waals surface area (Å²) in [7, 11) is -4.78. The van der Waals surface area contributed by atoms with E-state index >= 15 is 0 Å². The molecule has 14 nitrogen and oxygen atoms in total. The Kier molecular flexibility index (Phi) is 11.2. The number of carbonyl (C=O) groups excluding carboxylic acids is 1. The molecule has 272 valence electrons. The minimum absolute atomic E-state index is 0.0428. The fourth-order valence-corrected chi connectivity index (χ4v) is 7.67. The molecule has 5 aromatic rings. The van der Waals surface area contributed by atoms with Gasteiger partial charge in [0.15, 0.2) is 18.2 Å². The van der Waals surface area contributed by atoms with Gasteiger partial charge in [-0.15, -0.1) is 8.67 Å². The van der Waals surface area contributed by atoms with Crippen molar-refractivity contribution in [1.29, 1.82) is 0 Å². The zero-order valence-electron chi connectivity index (χ0n) is 25.5. The summed E-state index contributed by atoms with van der Waals surface area (Å²) >= 11 is 1.06. The molecule has 0 aromatic heterocycles. The van der Waals surface area contributed by atoms with E-state index in [2.05, 4.69) is 23.6 Å². The summed E-state index contributed by atoms with van der Waals surface area (Å²) in [6.45, 7) is -0.143. The Bertz CT molecular complexity index is 2180. The number of carbonyl (C=O) groups is 1. The van der Waals surface area contributed by atoms with Gasteiger partial charge >= 0.3 is 0 Å².